The molecule has 15 heavy (non-hydrogen) atoms. The lowest BCUT2D eigenvalue weighted by molar-refractivity contribution is 0.0781. The summed E-state index contributed by atoms with van der Waals surface area (Å²) in [7, 11) is 0. The van der Waals surface area contributed by atoms with Crippen LogP contribution in [0.25, 0.3) is 0 Å². The van der Waals surface area contributed by atoms with E-state index in [2.05, 4.69) is 5.92 Å². The van der Waals surface area contributed by atoms with Crippen LogP contribution in [0.15, 0.2) is 11.4 Å². The maximum absolute atomic E-state index is 12.0. The molecular weight excluding hydrogens is 206 g/mol. The van der Waals surface area contributed by atoms with Gasteiger partial charge >= 0.3 is 0 Å². The van der Waals surface area contributed by atoms with Crippen LogP contribution in [0.1, 0.15) is 28.6 Å². The second-order valence-electron chi connectivity index (χ2n) is 3.36. The van der Waals surface area contributed by atoms with Crippen LogP contribution in [0.2, 0.25) is 0 Å². The Morgan fingerprint density at radius 2 is 2.40 bits per heavy atom. The molecular formula is C12H15NOS. The van der Waals surface area contributed by atoms with E-state index < -0.39 is 0 Å². The minimum absolute atomic E-state index is 0.0577. The molecule has 0 atom stereocenters. The lowest BCUT2D eigenvalue weighted by atomic mass is 10.2. The predicted octanol–water partition coefficient (Wildman–Crippen LogP) is 2.54. The minimum atomic E-state index is 0.0577. The summed E-state index contributed by atoms with van der Waals surface area (Å²) in [5, 5.41) is 1.93. The molecule has 1 rings (SSSR count). The van der Waals surface area contributed by atoms with Crippen molar-refractivity contribution in [3.8, 4) is 12.3 Å². The maximum atomic E-state index is 12.0. The van der Waals surface area contributed by atoms with Gasteiger partial charge in [0, 0.05) is 6.54 Å². The number of amides is 1. The third-order valence-corrected chi connectivity index (χ3v) is 3.12. The monoisotopic (exact) mass is 221 g/mol. The maximum Gasteiger partial charge on any atom is 0.264 e. The molecule has 3 heteroatoms. The van der Waals surface area contributed by atoms with Crippen LogP contribution in [0.5, 0.6) is 0 Å². The summed E-state index contributed by atoms with van der Waals surface area (Å²) in [6, 6.07) is 1.96. The van der Waals surface area contributed by atoms with E-state index in [1.54, 1.807) is 4.90 Å². The van der Waals surface area contributed by atoms with Gasteiger partial charge in [-0.3, -0.25) is 4.79 Å². The first kappa shape index (κ1) is 11.8. The van der Waals surface area contributed by atoms with Crippen molar-refractivity contribution in [2.24, 2.45) is 0 Å². The van der Waals surface area contributed by atoms with Crippen molar-refractivity contribution in [1.29, 1.82) is 0 Å². The average Bonchev–Trinajstić information content (AvgIpc) is 2.63. The Bertz CT molecular complexity index is 375. The molecule has 0 aliphatic rings. The van der Waals surface area contributed by atoms with Gasteiger partial charge in [0.05, 0.1) is 11.4 Å². The van der Waals surface area contributed by atoms with Crippen molar-refractivity contribution in [2.75, 3.05) is 13.1 Å². The van der Waals surface area contributed by atoms with E-state index in [1.807, 2.05) is 25.3 Å². The quantitative estimate of drug-likeness (QED) is 0.715. The van der Waals surface area contributed by atoms with Crippen LogP contribution in [-0.2, 0) is 0 Å². The Hall–Kier alpha value is -1.27. The number of terminal acetylenes is 1. The van der Waals surface area contributed by atoms with Crippen LogP contribution in [0.4, 0.5) is 0 Å². The van der Waals surface area contributed by atoms with Crippen LogP contribution >= 0.6 is 11.3 Å². The van der Waals surface area contributed by atoms with Crippen LogP contribution < -0.4 is 0 Å². The fourth-order valence-electron chi connectivity index (χ4n) is 1.37. The molecule has 0 fully saturated rings. The zero-order valence-corrected chi connectivity index (χ0v) is 9.93. The summed E-state index contributed by atoms with van der Waals surface area (Å²) in [6.45, 7) is 5.10. The number of rotatable bonds is 4. The van der Waals surface area contributed by atoms with Crippen molar-refractivity contribution in [2.45, 2.75) is 20.3 Å². The first-order valence-electron chi connectivity index (χ1n) is 4.97. The highest BCUT2D eigenvalue weighted by molar-refractivity contribution is 7.12. The van der Waals surface area contributed by atoms with E-state index in [9.17, 15) is 4.79 Å². The molecule has 0 N–H and O–H groups in total. The Labute approximate surface area is 94.9 Å². The highest BCUT2D eigenvalue weighted by Gasteiger charge is 2.16. The fraction of sp³-hybridized carbons (Fsp3) is 0.417. The van der Waals surface area contributed by atoms with Crippen molar-refractivity contribution in [3.05, 3.63) is 21.9 Å². The summed E-state index contributed by atoms with van der Waals surface area (Å²) in [6.07, 6.45) is 6.18. The zero-order valence-electron chi connectivity index (χ0n) is 9.12. The molecule has 0 saturated heterocycles. The highest BCUT2D eigenvalue weighted by atomic mass is 32.1. The number of aryl methyl sites for hydroxylation is 1. The molecule has 0 radical (unpaired) electrons. The summed E-state index contributed by atoms with van der Waals surface area (Å²) >= 11 is 1.48. The van der Waals surface area contributed by atoms with Gasteiger partial charge in [-0.25, -0.2) is 0 Å². The fourth-order valence-corrected chi connectivity index (χ4v) is 2.26. The number of hydrogen-bond donors (Lipinski definition) is 0. The number of hydrogen-bond acceptors (Lipinski definition) is 2. The molecule has 1 aromatic rings. The molecule has 0 unspecified atom stereocenters. The second-order valence-corrected chi connectivity index (χ2v) is 4.28. The standard InChI is InChI=1S/C12H15NOS/c1-4-7-13(8-5-2)12(14)11-10(3)6-9-15-11/h1,6,9H,5,7-8H2,2-3H3. The average molecular weight is 221 g/mol. The van der Waals surface area contributed by atoms with Gasteiger partial charge in [-0.1, -0.05) is 12.8 Å². The van der Waals surface area contributed by atoms with E-state index in [0.717, 1.165) is 23.4 Å². The summed E-state index contributed by atoms with van der Waals surface area (Å²) < 4.78 is 0. The molecule has 1 heterocycles. The van der Waals surface area contributed by atoms with E-state index in [4.69, 9.17) is 6.42 Å². The largest absolute Gasteiger partial charge is 0.327 e. The lowest BCUT2D eigenvalue weighted by Gasteiger charge is -2.18. The lowest BCUT2D eigenvalue weighted by Crippen LogP contribution is -2.31. The van der Waals surface area contributed by atoms with Crippen molar-refractivity contribution in [3.63, 3.8) is 0 Å². The first-order valence-corrected chi connectivity index (χ1v) is 5.85. The minimum Gasteiger partial charge on any atom is -0.327 e. The molecule has 0 aliphatic carbocycles. The van der Waals surface area contributed by atoms with Crippen molar-refractivity contribution < 1.29 is 4.79 Å². The van der Waals surface area contributed by atoms with Gasteiger partial charge < -0.3 is 4.90 Å². The van der Waals surface area contributed by atoms with Gasteiger partial charge in [-0.05, 0) is 30.4 Å². The third-order valence-electron chi connectivity index (χ3n) is 2.12. The van der Waals surface area contributed by atoms with E-state index in [-0.39, 0.29) is 5.91 Å². The first-order chi connectivity index (χ1) is 7.20. The number of carbonyl (C=O) groups excluding carboxylic acids is 1. The third kappa shape index (κ3) is 2.84. The predicted molar refractivity (Wildman–Crippen MR) is 64.1 cm³/mol. The van der Waals surface area contributed by atoms with Crippen molar-refractivity contribution in [1.82, 2.24) is 4.90 Å². The summed E-state index contributed by atoms with van der Waals surface area (Å²) in [5.41, 5.74) is 1.03. The SMILES string of the molecule is C#CCN(CCC)C(=O)c1sccc1C. The normalized spacial score (nSPS) is 9.67. The number of thiophene rings is 1. The van der Waals surface area contributed by atoms with Gasteiger partial charge in [-0.2, -0.15) is 0 Å². The Morgan fingerprint density at radius 1 is 1.67 bits per heavy atom. The van der Waals surface area contributed by atoms with Gasteiger partial charge in [0.1, 0.15) is 0 Å². The van der Waals surface area contributed by atoms with Gasteiger partial charge in [0.2, 0.25) is 0 Å². The van der Waals surface area contributed by atoms with E-state index in [1.165, 1.54) is 11.3 Å². The van der Waals surface area contributed by atoms with Crippen LogP contribution in [0.3, 0.4) is 0 Å². The molecule has 0 saturated carbocycles. The smallest absolute Gasteiger partial charge is 0.264 e. The van der Waals surface area contributed by atoms with Crippen LogP contribution in [-0.4, -0.2) is 23.9 Å². The molecule has 1 amide bonds. The molecule has 0 bridgehead atoms. The van der Waals surface area contributed by atoms with Gasteiger partial charge in [0.15, 0.2) is 0 Å². The Kier molecular flexibility index (Phi) is 4.38. The number of carbonyl (C=O) groups is 1. The summed E-state index contributed by atoms with van der Waals surface area (Å²) in [5.74, 6) is 2.58. The molecule has 1 aromatic heterocycles. The van der Waals surface area contributed by atoms with Crippen LogP contribution in [0, 0.1) is 19.3 Å². The Morgan fingerprint density at radius 3 is 2.87 bits per heavy atom. The summed E-state index contributed by atoms with van der Waals surface area (Å²) in [4.78, 5) is 14.6. The van der Waals surface area contributed by atoms with E-state index in [0.29, 0.717) is 6.54 Å². The van der Waals surface area contributed by atoms with Crippen molar-refractivity contribution >= 4 is 17.2 Å². The molecule has 80 valence electrons. The van der Waals surface area contributed by atoms with Gasteiger partial charge in [-0.15, -0.1) is 17.8 Å². The second kappa shape index (κ2) is 5.57. The molecule has 0 aromatic carbocycles. The number of nitrogens with zero attached hydrogens (tertiary/aromatic N) is 1. The Balaban J connectivity index is 2.81. The van der Waals surface area contributed by atoms with Gasteiger partial charge in [0.25, 0.3) is 5.91 Å². The zero-order chi connectivity index (χ0) is 11.3. The topological polar surface area (TPSA) is 20.3 Å². The highest BCUT2D eigenvalue weighted by Crippen LogP contribution is 2.17. The van der Waals surface area contributed by atoms with E-state index >= 15 is 0 Å². The molecule has 0 spiro atoms. The molecule has 0 aliphatic heterocycles. The molecule has 2 nitrogen and oxygen atoms in total.